The van der Waals surface area contributed by atoms with Gasteiger partial charge in [-0.15, -0.1) is 4.73 Å². The summed E-state index contributed by atoms with van der Waals surface area (Å²) in [5.41, 5.74) is 1.00. The summed E-state index contributed by atoms with van der Waals surface area (Å²) >= 11 is 0. The average Bonchev–Trinajstić information content (AvgIpc) is 2.17. The van der Waals surface area contributed by atoms with Crippen LogP contribution in [0, 0.1) is 13.8 Å². The fourth-order valence-corrected chi connectivity index (χ4v) is 1.35. The van der Waals surface area contributed by atoms with Crippen LogP contribution < -0.4 is 5.56 Å². The predicted molar refractivity (Wildman–Crippen MR) is 50.5 cm³/mol. The van der Waals surface area contributed by atoms with Crippen LogP contribution in [0.15, 0.2) is 17.2 Å². The first kappa shape index (κ1) is 8.68. The van der Waals surface area contributed by atoms with E-state index in [2.05, 4.69) is 9.97 Å². The molecule has 0 saturated heterocycles. The van der Waals surface area contributed by atoms with Crippen molar-refractivity contribution < 1.29 is 5.21 Å². The Hall–Kier alpha value is -1.91. The summed E-state index contributed by atoms with van der Waals surface area (Å²) in [6.07, 6.45) is 1.32. The molecule has 72 valence electrons. The van der Waals surface area contributed by atoms with Gasteiger partial charge in [0.15, 0.2) is 5.65 Å². The lowest BCUT2D eigenvalue weighted by Crippen LogP contribution is -2.21. The van der Waals surface area contributed by atoms with E-state index in [0.717, 1.165) is 5.69 Å². The molecule has 1 N–H and O–H groups in total. The van der Waals surface area contributed by atoms with Gasteiger partial charge >= 0.3 is 0 Å². The van der Waals surface area contributed by atoms with E-state index in [4.69, 9.17) is 0 Å². The van der Waals surface area contributed by atoms with Crippen molar-refractivity contribution in [1.82, 2.24) is 14.7 Å². The summed E-state index contributed by atoms with van der Waals surface area (Å²) < 4.78 is 0.555. The van der Waals surface area contributed by atoms with E-state index in [1.54, 1.807) is 19.9 Å². The van der Waals surface area contributed by atoms with Gasteiger partial charge in [0.05, 0.1) is 5.69 Å². The zero-order chi connectivity index (χ0) is 10.3. The van der Waals surface area contributed by atoms with Crippen molar-refractivity contribution in [2.45, 2.75) is 13.8 Å². The molecule has 2 aromatic heterocycles. The molecule has 0 amide bonds. The van der Waals surface area contributed by atoms with Gasteiger partial charge in [-0.05, 0) is 19.9 Å². The van der Waals surface area contributed by atoms with E-state index >= 15 is 0 Å². The maximum absolute atomic E-state index is 11.3. The minimum atomic E-state index is -0.449. The second-order valence-corrected chi connectivity index (χ2v) is 3.14. The molecule has 2 rings (SSSR count). The van der Waals surface area contributed by atoms with Crippen LogP contribution in [0.2, 0.25) is 0 Å². The molecule has 5 nitrogen and oxygen atoms in total. The third kappa shape index (κ3) is 1.06. The van der Waals surface area contributed by atoms with Gasteiger partial charge in [-0.25, -0.2) is 9.97 Å². The van der Waals surface area contributed by atoms with Gasteiger partial charge in [-0.3, -0.25) is 4.79 Å². The van der Waals surface area contributed by atoms with Crippen LogP contribution in [0.5, 0.6) is 0 Å². The Morgan fingerprint density at radius 3 is 2.79 bits per heavy atom. The molecule has 0 aliphatic heterocycles. The Kier molecular flexibility index (Phi) is 1.73. The van der Waals surface area contributed by atoms with Crippen molar-refractivity contribution in [3.8, 4) is 0 Å². The predicted octanol–water partition coefficient (Wildman–Crippen LogP) is 0.646. The van der Waals surface area contributed by atoms with Crippen molar-refractivity contribution in [3.63, 3.8) is 0 Å². The summed E-state index contributed by atoms with van der Waals surface area (Å²) in [6, 6.07) is 1.68. The Bertz CT molecular complexity index is 560. The highest BCUT2D eigenvalue weighted by atomic mass is 16.5. The van der Waals surface area contributed by atoms with E-state index in [9.17, 15) is 10.0 Å². The molecule has 0 aliphatic carbocycles. The fraction of sp³-hybridized carbons (Fsp3) is 0.222. The van der Waals surface area contributed by atoms with Crippen LogP contribution in [0.3, 0.4) is 0 Å². The normalized spacial score (nSPS) is 10.7. The van der Waals surface area contributed by atoms with Gasteiger partial charge in [0, 0.05) is 10.9 Å². The Morgan fingerprint density at radius 2 is 2.07 bits per heavy atom. The molecule has 0 radical (unpaired) electrons. The van der Waals surface area contributed by atoms with E-state index in [1.807, 2.05) is 0 Å². The third-order valence-electron chi connectivity index (χ3n) is 2.15. The van der Waals surface area contributed by atoms with Crippen molar-refractivity contribution in [3.05, 3.63) is 34.0 Å². The van der Waals surface area contributed by atoms with Crippen molar-refractivity contribution in [2.24, 2.45) is 0 Å². The molecule has 0 spiro atoms. The van der Waals surface area contributed by atoms with Gasteiger partial charge in [0.2, 0.25) is 0 Å². The number of hydrogen-bond donors (Lipinski definition) is 1. The van der Waals surface area contributed by atoms with Crippen LogP contribution in [0.4, 0.5) is 0 Å². The van der Waals surface area contributed by atoms with E-state index in [0.29, 0.717) is 15.7 Å². The number of hydrogen-bond acceptors (Lipinski definition) is 4. The number of pyridine rings is 1. The van der Waals surface area contributed by atoms with Crippen LogP contribution in [-0.2, 0) is 0 Å². The fourth-order valence-electron chi connectivity index (χ4n) is 1.35. The van der Waals surface area contributed by atoms with Gasteiger partial charge in [0.1, 0.15) is 6.33 Å². The molecule has 0 unspecified atom stereocenters. The van der Waals surface area contributed by atoms with Crippen LogP contribution in [-0.4, -0.2) is 19.9 Å². The summed E-state index contributed by atoms with van der Waals surface area (Å²) in [4.78, 5) is 19.2. The van der Waals surface area contributed by atoms with E-state index < -0.39 is 5.56 Å². The maximum Gasteiger partial charge on any atom is 0.287 e. The highest BCUT2D eigenvalue weighted by molar-refractivity contribution is 5.77. The quantitative estimate of drug-likeness (QED) is 0.620. The van der Waals surface area contributed by atoms with Gasteiger partial charge in [0.25, 0.3) is 5.56 Å². The molecule has 0 saturated carbocycles. The van der Waals surface area contributed by atoms with Gasteiger partial charge < -0.3 is 5.21 Å². The lowest BCUT2D eigenvalue weighted by Gasteiger charge is -2.04. The largest absolute Gasteiger partial charge is 0.423 e. The molecule has 2 aromatic rings. The van der Waals surface area contributed by atoms with Crippen LogP contribution in [0.1, 0.15) is 11.3 Å². The lowest BCUT2D eigenvalue weighted by molar-refractivity contribution is 0.186. The second kappa shape index (κ2) is 2.80. The Morgan fingerprint density at radius 1 is 1.36 bits per heavy atom. The summed E-state index contributed by atoms with van der Waals surface area (Å²) in [7, 11) is 0. The zero-order valence-corrected chi connectivity index (χ0v) is 7.85. The minimum absolute atomic E-state index is 0.244. The molecular formula is C9H9N3O2. The smallest absolute Gasteiger partial charge is 0.287 e. The van der Waals surface area contributed by atoms with Gasteiger partial charge in [-0.1, -0.05) is 0 Å². The first-order valence-electron chi connectivity index (χ1n) is 4.14. The number of nitrogens with zero attached hydrogens (tertiary/aromatic N) is 3. The first-order chi connectivity index (χ1) is 6.61. The number of rotatable bonds is 0. The highest BCUT2D eigenvalue weighted by Gasteiger charge is 2.08. The van der Waals surface area contributed by atoms with Crippen molar-refractivity contribution >= 4 is 11.0 Å². The summed E-state index contributed by atoms with van der Waals surface area (Å²) in [5, 5.41) is 10.2. The molecule has 0 fully saturated rings. The SMILES string of the molecule is Cc1cc2c(C)ncnc2n(O)c1=O. The highest BCUT2D eigenvalue weighted by Crippen LogP contribution is 2.11. The molecule has 0 bridgehead atoms. The Balaban J connectivity index is 3.06. The summed E-state index contributed by atoms with van der Waals surface area (Å²) in [6.45, 7) is 3.44. The molecule has 0 atom stereocenters. The van der Waals surface area contributed by atoms with E-state index in [-0.39, 0.29) is 5.65 Å². The molecule has 0 aromatic carbocycles. The van der Waals surface area contributed by atoms with Gasteiger partial charge in [-0.2, -0.15) is 0 Å². The molecule has 5 heteroatoms. The zero-order valence-electron chi connectivity index (χ0n) is 7.85. The molecule has 14 heavy (non-hydrogen) atoms. The van der Waals surface area contributed by atoms with Crippen LogP contribution in [0.25, 0.3) is 11.0 Å². The Labute approximate surface area is 79.6 Å². The lowest BCUT2D eigenvalue weighted by atomic mass is 10.2. The topological polar surface area (TPSA) is 68.0 Å². The van der Waals surface area contributed by atoms with Crippen LogP contribution >= 0.6 is 0 Å². The minimum Gasteiger partial charge on any atom is -0.423 e. The molecule has 2 heterocycles. The number of fused-ring (bicyclic) bond motifs is 1. The first-order valence-corrected chi connectivity index (χ1v) is 4.14. The van der Waals surface area contributed by atoms with Crippen molar-refractivity contribution in [2.75, 3.05) is 0 Å². The summed E-state index contributed by atoms with van der Waals surface area (Å²) in [5.74, 6) is 0. The monoisotopic (exact) mass is 191 g/mol. The average molecular weight is 191 g/mol. The number of aryl methyl sites for hydroxylation is 2. The van der Waals surface area contributed by atoms with Crippen molar-refractivity contribution in [1.29, 1.82) is 0 Å². The standard InChI is InChI=1S/C9H9N3O2/c1-5-3-7-6(2)10-4-11-8(7)12(14)9(5)13/h3-4,14H,1-2H3. The van der Waals surface area contributed by atoms with E-state index in [1.165, 1.54) is 6.33 Å². The third-order valence-corrected chi connectivity index (χ3v) is 2.15. The second-order valence-electron chi connectivity index (χ2n) is 3.14. The number of aromatic nitrogens is 3. The maximum atomic E-state index is 11.3. The molecular weight excluding hydrogens is 182 g/mol. The molecule has 0 aliphatic rings.